The Bertz CT molecular complexity index is 985. The number of hydrogen-bond donors (Lipinski definition) is 2. The zero-order valence-electron chi connectivity index (χ0n) is 15.3. The molecule has 0 radical (unpaired) electrons. The van der Waals surface area contributed by atoms with Crippen molar-refractivity contribution in [1.82, 2.24) is 5.32 Å². The summed E-state index contributed by atoms with van der Waals surface area (Å²) >= 11 is 0. The summed E-state index contributed by atoms with van der Waals surface area (Å²) in [5.74, 6) is -2.00. The Kier molecular flexibility index (Phi) is 6.23. The summed E-state index contributed by atoms with van der Waals surface area (Å²) in [5, 5.41) is 11.9. The maximum absolute atomic E-state index is 12.2. The van der Waals surface area contributed by atoms with Crippen molar-refractivity contribution in [2.75, 3.05) is 0 Å². The molecule has 0 aliphatic heterocycles. The molecule has 1 unspecified atom stereocenters. The lowest BCUT2D eigenvalue weighted by atomic mass is 10.1. The molecule has 0 aliphatic carbocycles. The first-order valence-electron chi connectivity index (χ1n) is 8.82. The smallest absolute Gasteiger partial charge is 0.344 e. The molecule has 6 heteroatoms. The largest absolute Gasteiger partial charge is 0.480 e. The summed E-state index contributed by atoms with van der Waals surface area (Å²) in [7, 11) is 0. The molecule has 3 aromatic carbocycles. The Labute approximate surface area is 167 Å². The Morgan fingerprint density at radius 1 is 0.862 bits per heavy atom. The van der Waals surface area contributed by atoms with E-state index < -0.39 is 23.9 Å². The van der Waals surface area contributed by atoms with Gasteiger partial charge < -0.3 is 15.2 Å². The molecule has 1 atom stereocenters. The second-order valence-corrected chi connectivity index (χ2v) is 6.16. The molecule has 0 aliphatic rings. The fourth-order valence-electron chi connectivity index (χ4n) is 2.56. The van der Waals surface area contributed by atoms with E-state index in [2.05, 4.69) is 17.4 Å². The van der Waals surface area contributed by atoms with Crippen LogP contribution in [0.25, 0.3) is 0 Å². The van der Waals surface area contributed by atoms with Crippen molar-refractivity contribution >= 4 is 17.8 Å². The molecule has 0 spiro atoms. The second kappa shape index (κ2) is 9.20. The van der Waals surface area contributed by atoms with Crippen molar-refractivity contribution < 1.29 is 24.2 Å². The maximum Gasteiger partial charge on any atom is 0.344 e. The molecule has 0 bridgehead atoms. The Morgan fingerprint density at radius 3 is 2.03 bits per heavy atom. The van der Waals surface area contributed by atoms with Crippen LogP contribution in [0, 0.1) is 12.1 Å². The lowest BCUT2D eigenvalue weighted by Gasteiger charge is -2.14. The number of nitrogens with one attached hydrogen (secondary N) is 1. The van der Waals surface area contributed by atoms with Crippen LogP contribution in [0.4, 0.5) is 0 Å². The average molecular weight is 387 g/mol. The van der Waals surface area contributed by atoms with E-state index in [-0.39, 0.29) is 12.2 Å². The zero-order chi connectivity index (χ0) is 20.6. The van der Waals surface area contributed by atoms with Crippen LogP contribution in [0.1, 0.15) is 26.3 Å². The topological polar surface area (TPSA) is 92.7 Å². The van der Waals surface area contributed by atoms with Gasteiger partial charge in [0.1, 0.15) is 6.04 Å². The normalized spacial score (nSPS) is 11.0. The Balaban J connectivity index is 1.63. The van der Waals surface area contributed by atoms with Crippen LogP contribution >= 0.6 is 0 Å². The Hall–Kier alpha value is -4.11. The number of amides is 1. The molecule has 144 valence electrons. The number of rotatable bonds is 7. The van der Waals surface area contributed by atoms with E-state index in [1.165, 1.54) is 6.07 Å². The molecule has 3 rings (SSSR count). The Morgan fingerprint density at radius 2 is 1.48 bits per heavy atom. The van der Waals surface area contributed by atoms with Gasteiger partial charge in [-0.2, -0.15) is 0 Å². The molecule has 3 aromatic rings. The summed E-state index contributed by atoms with van der Waals surface area (Å²) in [5.41, 5.74) is 1.28. The second-order valence-electron chi connectivity index (χ2n) is 6.16. The lowest BCUT2D eigenvalue weighted by Crippen LogP contribution is -2.42. The van der Waals surface area contributed by atoms with E-state index in [0.717, 1.165) is 0 Å². The summed E-state index contributed by atoms with van der Waals surface area (Å²) in [6.45, 7) is 0. The molecule has 0 fully saturated rings. The lowest BCUT2D eigenvalue weighted by molar-refractivity contribution is -0.139. The van der Waals surface area contributed by atoms with E-state index in [9.17, 15) is 19.5 Å². The van der Waals surface area contributed by atoms with E-state index in [1.807, 2.05) is 0 Å². The molecule has 29 heavy (non-hydrogen) atoms. The number of carbonyl (C=O) groups is 3. The van der Waals surface area contributed by atoms with Crippen molar-refractivity contribution in [3.8, 4) is 5.75 Å². The van der Waals surface area contributed by atoms with E-state index >= 15 is 0 Å². The van der Waals surface area contributed by atoms with Gasteiger partial charge in [-0.3, -0.25) is 4.79 Å². The fourth-order valence-corrected chi connectivity index (χ4v) is 2.56. The summed E-state index contributed by atoms with van der Waals surface area (Å²) < 4.78 is 5.22. The number of carboxylic acids is 1. The highest BCUT2D eigenvalue weighted by Crippen LogP contribution is 2.12. The highest BCUT2D eigenvalue weighted by atomic mass is 16.5. The average Bonchev–Trinajstić information content (AvgIpc) is 2.75. The molecule has 0 saturated carbocycles. The number of ether oxygens (including phenoxy) is 1. The summed E-state index contributed by atoms with van der Waals surface area (Å²) in [4.78, 5) is 35.8. The van der Waals surface area contributed by atoms with Crippen LogP contribution in [0.15, 0.2) is 72.8 Å². The highest BCUT2D eigenvalue weighted by molar-refractivity contribution is 5.96. The minimum Gasteiger partial charge on any atom is -0.480 e. The van der Waals surface area contributed by atoms with Crippen molar-refractivity contribution in [1.29, 1.82) is 0 Å². The van der Waals surface area contributed by atoms with E-state index in [4.69, 9.17) is 4.74 Å². The number of carbonyl (C=O) groups excluding carboxylic acids is 2. The van der Waals surface area contributed by atoms with Crippen LogP contribution < -0.4 is 10.1 Å². The van der Waals surface area contributed by atoms with Gasteiger partial charge in [-0.1, -0.05) is 42.5 Å². The fraction of sp³-hybridized carbons (Fsp3) is 0.0870. The molecule has 0 heterocycles. The molecule has 1 amide bonds. The van der Waals surface area contributed by atoms with Gasteiger partial charge in [0.05, 0.1) is 5.56 Å². The van der Waals surface area contributed by atoms with E-state index in [1.54, 1.807) is 66.7 Å². The number of carboxylic acid groups (broad SMARTS) is 1. The first-order valence-corrected chi connectivity index (χ1v) is 8.82. The number of aliphatic carboxylic acids is 1. The standard InChI is InChI=1S/C23H17NO5/c25-21(17-7-3-1-4-8-17)24-20(22(26)27)15-16-11-13-19(14-12-16)29-23(28)18-9-5-2-6-10-18/h1-11,13,20H,15H2,(H,24,25)(H,26,27). The van der Waals surface area contributed by atoms with Gasteiger partial charge in [-0.25, -0.2) is 9.59 Å². The molecule has 0 aromatic heterocycles. The van der Waals surface area contributed by atoms with Gasteiger partial charge in [-0.15, -0.1) is 0 Å². The molecule has 2 N–H and O–H groups in total. The van der Waals surface area contributed by atoms with Crippen LogP contribution in [-0.4, -0.2) is 29.0 Å². The summed E-state index contributed by atoms with van der Waals surface area (Å²) in [6, 6.07) is 24.3. The monoisotopic (exact) mass is 387 g/mol. The molecular formula is C23H17NO5. The van der Waals surface area contributed by atoms with Crippen LogP contribution in [-0.2, 0) is 11.2 Å². The predicted molar refractivity (Wildman–Crippen MR) is 105 cm³/mol. The highest BCUT2D eigenvalue weighted by Gasteiger charge is 2.21. The summed E-state index contributed by atoms with van der Waals surface area (Å²) in [6.07, 6.45) is 0.0112. The van der Waals surface area contributed by atoms with Gasteiger partial charge in [0.2, 0.25) is 0 Å². The van der Waals surface area contributed by atoms with Crippen molar-refractivity contribution in [3.63, 3.8) is 0 Å². The third-order valence-electron chi connectivity index (χ3n) is 4.06. The molecule has 0 saturated heterocycles. The number of benzene rings is 2. The molecule has 6 nitrogen and oxygen atoms in total. The number of hydrogen-bond acceptors (Lipinski definition) is 4. The van der Waals surface area contributed by atoms with Gasteiger partial charge >= 0.3 is 11.9 Å². The van der Waals surface area contributed by atoms with Crippen LogP contribution in [0.5, 0.6) is 5.75 Å². The van der Waals surface area contributed by atoms with Crippen LogP contribution in [0.3, 0.4) is 0 Å². The minimum atomic E-state index is -1.16. The first kappa shape index (κ1) is 19.6. The van der Waals surface area contributed by atoms with Gasteiger partial charge in [0, 0.05) is 17.5 Å². The minimum absolute atomic E-state index is 0.0112. The SMILES string of the molecule is O=C(NC(Cc1c#cc(OC(=O)c2ccccc2)cc1)C(=O)O)c1ccccc1. The van der Waals surface area contributed by atoms with Crippen molar-refractivity contribution in [2.24, 2.45) is 0 Å². The van der Waals surface area contributed by atoms with Gasteiger partial charge in [0.25, 0.3) is 5.91 Å². The van der Waals surface area contributed by atoms with Gasteiger partial charge in [-0.05, 0) is 42.5 Å². The van der Waals surface area contributed by atoms with Gasteiger partial charge in [0.15, 0.2) is 5.75 Å². The molecular weight excluding hydrogens is 370 g/mol. The predicted octanol–water partition coefficient (Wildman–Crippen LogP) is 2.93. The number of esters is 1. The van der Waals surface area contributed by atoms with E-state index in [0.29, 0.717) is 16.7 Å². The van der Waals surface area contributed by atoms with Crippen LogP contribution in [0.2, 0.25) is 0 Å². The van der Waals surface area contributed by atoms with Crippen molar-refractivity contribution in [3.05, 3.63) is 102 Å². The third-order valence-corrected chi connectivity index (χ3v) is 4.06. The van der Waals surface area contributed by atoms with Crippen molar-refractivity contribution in [2.45, 2.75) is 12.5 Å². The third kappa shape index (κ3) is 5.44. The zero-order valence-corrected chi connectivity index (χ0v) is 15.3. The first-order chi connectivity index (χ1) is 14.0. The quantitative estimate of drug-likeness (QED) is 0.608. The maximum atomic E-state index is 12.2.